The summed E-state index contributed by atoms with van der Waals surface area (Å²) < 4.78 is 12.8. The lowest BCUT2D eigenvalue weighted by Gasteiger charge is -2.17. The summed E-state index contributed by atoms with van der Waals surface area (Å²) >= 11 is 0. The molecule has 0 aliphatic rings. The number of hydrogen-bond acceptors (Lipinski definition) is 3. The van der Waals surface area contributed by atoms with Crippen molar-refractivity contribution in [3.63, 3.8) is 0 Å². The Hall–Kier alpha value is -2.69. The maximum absolute atomic E-state index is 12.8. The zero-order valence-electron chi connectivity index (χ0n) is 11.8. The molecule has 4 nitrogen and oxygen atoms in total. The van der Waals surface area contributed by atoms with Crippen LogP contribution in [0, 0.1) is 11.7 Å². The lowest BCUT2D eigenvalue weighted by atomic mass is 9.96. The standard InChI is InChI=1S/C17H16FNO3/c18-14-6-8-15(9-7-14)19-16(20)11-13(17(21)22)10-12-4-2-1-3-5-12/h1-9,13H,10-11H2,(H,19,20)(H,21,22)/p-1/t13-/m0/s1. The van der Waals surface area contributed by atoms with Crippen molar-refractivity contribution in [3.8, 4) is 0 Å². The Morgan fingerprint density at radius 1 is 1.05 bits per heavy atom. The highest BCUT2D eigenvalue weighted by atomic mass is 19.1. The summed E-state index contributed by atoms with van der Waals surface area (Å²) in [6.45, 7) is 0. The first kappa shape index (κ1) is 15.7. The average Bonchev–Trinajstić information content (AvgIpc) is 2.50. The Bertz CT molecular complexity index is 641. The number of hydrogen-bond donors (Lipinski definition) is 1. The van der Waals surface area contributed by atoms with Gasteiger partial charge < -0.3 is 15.2 Å². The van der Waals surface area contributed by atoms with Crippen LogP contribution < -0.4 is 10.4 Å². The highest BCUT2D eigenvalue weighted by Gasteiger charge is 2.16. The van der Waals surface area contributed by atoms with E-state index in [9.17, 15) is 19.1 Å². The third kappa shape index (κ3) is 4.70. The van der Waals surface area contributed by atoms with E-state index in [1.165, 1.54) is 24.3 Å². The average molecular weight is 300 g/mol. The van der Waals surface area contributed by atoms with Crippen LogP contribution in [0.1, 0.15) is 12.0 Å². The van der Waals surface area contributed by atoms with E-state index in [1.54, 1.807) is 24.3 Å². The molecule has 0 saturated carbocycles. The van der Waals surface area contributed by atoms with Gasteiger partial charge in [-0.3, -0.25) is 4.79 Å². The highest BCUT2D eigenvalue weighted by molar-refractivity contribution is 5.92. The highest BCUT2D eigenvalue weighted by Crippen LogP contribution is 2.14. The van der Waals surface area contributed by atoms with E-state index in [4.69, 9.17) is 0 Å². The third-order valence-corrected chi connectivity index (χ3v) is 3.22. The zero-order valence-corrected chi connectivity index (χ0v) is 11.8. The van der Waals surface area contributed by atoms with Gasteiger partial charge in [0.2, 0.25) is 5.91 Å². The van der Waals surface area contributed by atoms with Gasteiger partial charge in [-0.15, -0.1) is 0 Å². The van der Waals surface area contributed by atoms with E-state index in [2.05, 4.69) is 5.32 Å². The van der Waals surface area contributed by atoms with Gasteiger partial charge in [0, 0.05) is 24.0 Å². The fourth-order valence-corrected chi connectivity index (χ4v) is 2.11. The Morgan fingerprint density at radius 3 is 2.27 bits per heavy atom. The number of rotatable bonds is 6. The third-order valence-electron chi connectivity index (χ3n) is 3.22. The number of carboxylic acids is 1. The summed E-state index contributed by atoms with van der Waals surface area (Å²) in [6, 6.07) is 14.3. The molecule has 0 unspecified atom stereocenters. The molecule has 0 aromatic heterocycles. The Kier molecular flexibility index (Phi) is 5.25. The molecule has 1 N–H and O–H groups in total. The smallest absolute Gasteiger partial charge is 0.225 e. The number of amides is 1. The molecule has 0 radical (unpaired) electrons. The molecule has 0 heterocycles. The summed E-state index contributed by atoms with van der Waals surface area (Å²) in [7, 11) is 0. The molecule has 5 heteroatoms. The fourth-order valence-electron chi connectivity index (χ4n) is 2.11. The maximum Gasteiger partial charge on any atom is 0.225 e. The van der Waals surface area contributed by atoms with Crippen LogP contribution in [0.3, 0.4) is 0 Å². The fraction of sp³-hybridized carbons (Fsp3) is 0.176. The predicted octanol–water partition coefficient (Wildman–Crippen LogP) is 1.76. The van der Waals surface area contributed by atoms with Gasteiger partial charge in [0.25, 0.3) is 0 Å². The molecule has 0 saturated heterocycles. The van der Waals surface area contributed by atoms with Crippen molar-refractivity contribution in [2.24, 2.45) is 5.92 Å². The monoisotopic (exact) mass is 300 g/mol. The summed E-state index contributed by atoms with van der Waals surface area (Å²) in [5.41, 5.74) is 1.24. The van der Waals surface area contributed by atoms with Crippen LogP contribution in [-0.2, 0) is 16.0 Å². The molecule has 2 aromatic rings. The molecule has 0 aliphatic carbocycles. The molecule has 114 valence electrons. The number of carbonyl (C=O) groups is 2. The second-order valence-corrected chi connectivity index (χ2v) is 4.96. The molecular formula is C17H15FNO3-. The van der Waals surface area contributed by atoms with Gasteiger partial charge in [0.1, 0.15) is 5.82 Å². The SMILES string of the molecule is O=C(C[C@H](Cc1ccccc1)C(=O)[O-])Nc1ccc(F)cc1. The Balaban J connectivity index is 1.97. The first-order chi connectivity index (χ1) is 10.5. The zero-order chi connectivity index (χ0) is 15.9. The predicted molar refractivity (Wildman–Crippen MR) is 78.3 cm³/mol. The molecule has 2 rings (SSSR count). The van der Waals surface area contributed by atoms with Gasteiger partial charge in [0.05, 0.1) is 0 Å². The number of nitrogens with one attached hydrogen (secondary N) is 1. The van der Waals surface area contributed by atoms with E-state index >= 15 is 0 Å². The number of aliphatic carboxylic acids is 1. The first-order valence-corrected chi connectivity index (χ1v) is 6.85. The van der Waals surface area contributed by atoms with Crippen molar-refractivity contribution in [1.82, 2.24) is 0 Å². The summed E-state index contributed by atoms with van der Waals surface area (Å²) in [4.78, 5) is 23.1. The van der Waals surface area contributed by atoms with Gasteiger partial charge >= 0.3 is 0 Å². The lowest BCUT2D eigenvalue weighted by Crippen LogP contribution is -2.35. The van der Waals surface area contributed by atoms with E-state index in [-0.39, 0.29) is 12.8 Å². The van der Waals surface area contributed by atoms with Crippen LogP contribution in [0.4, 0.5) is 10.1 Å². The lowest BCUT2D eigenvalue weighted by molar-refractivity contribution is -0.311. The molecule has 0 bridgehead atoms. The number of anilines is 1. The van der Waals surface area contributed by atoms with Gasteiger partial charge in [-0.25, -0.2) is 4.39 Å². The van der Waals surface area contributed by atoms with Crippen molar-refractivity contribution in [3.05, 3.63) is 66.0 Å². The molecule has 1 atom stereocenters. The van der Waals surface area contributed by atoms with Crippen molar-refractivity contribution in [2.75, 3.05) is 5.32 Å². The molecule has 0 spiro atoms. The van der Waals surface area contributed by atoms with Crippen LogP contribution in [0.5, 0.6) is 0 Å². The second kappa shape index (κ2) is 7.36. The van der Waals surface area contributed by atoms with E-state index < -0.39 is 23.6 Å². The van der Waals surface area contributed by atoms with Crippen molar-refractivity contribution in [1.29, 1.82) is 0 Å². The van der Waals surface area contributed by atoms with Crippen LogP contribution in [0.15, 0.2) is 54.6 Å². The van der Waals surface area contributed by atoms with Crippen LogP contribution in [0.2, 0.25) is 0 Å². The normalized spacial score (nSPS) is 11.7. The molecule has 1 amide bonds. The molecule has 2 aromatic carbocycles. The molecular weight excluding hydrogens is 285 g/mol. The second-order valence-electron chi connectivity index (χ2n) is 4.96. The van der Waals surface area contributed by atoms with Crippen LogP contribution >= 0.6 is 0 Å². The van der Waals surface area contributed by atoms with Gasteiger partial charge in [0.15, 0.2) is 0 Å². The Morgan fingerprint density at radius 2 is 1.68 bits per heavy atom. The van der Waals surface area contributed by atoms with E-state index in [1.807, 2.05) is 6.07 Å². The van der Waals surface area contributed by atoms with E-state index in [0.717, 1.165) is 5.56 Å². The molecule has 22 heavy (non-hydrogen) atoms. The van der Waals surface area contributed by atoms with Crippen LogP contribution in [-0.4, -0.2) is 11.9 Å². The first-order valence-electron chi connectivity index (χ1n) is 6.85. The van der Waals surface area contributed by atoms with E-state index in [0.29, 0.717) is 5.69 Å². The molecule has 0 fully saturated rings. The van der Waals surface area contributed by atoms with Gasteiger partial charge in [-0.2, -0.15) is 0 Å². The minimum absolute atomic E-state index is 0.200. The minimum Gasteiger partial charge on any atom is -0.550 e. The quantitative estimate of drug-likeness (QED) is 0.884. The van der Waals surface area contributed by atoms with Crippen molar-refractivity contribution in [2.45, 2.75) is 12.8 Å². The number of halogens is 1. The van der Waals surface area contributed by atoms with Crippen molar-refractivity contribution >= 4 is 17.6 Å². The number of carbonyl (C=O) groups excluding carboxylic acids is 2. The van der Waals surface area contributed by atoms with Crippen molar-refractivity contribution < 1.29 is 19.1 Å². The van der Waals surface area contributed by atoms with Crippen LogP contribution in [0.25, 0.3) is 0 Å². The van der Waals surface area contributed by atoms with Gasteiger partial charge in [-0.1, -0.05) is 30.3 Å². The van der Waals surface area contributed by atoms with Gasteiger partial charge in [-0.05, 0) is 36.2 Å². The maximum atomic E-state index is 12.8. The molecule has 0 aliphatic heterocycles. The Labute approximate surface area is 127 Å². The minimum atomic E-state index is -1.27. The number of carboxylic acid groups (broad SMARTS) is 1. The number of benzene rings is 2. The largest absolute Gasteiger partial charge is 0.550 e. The summed E-state index contributed by atoms with van der Waals surface area (Å²) in [5.74, 6) is -3.03. The summed E-state index contributed by atoms with van der Waals surface area (Å²) in [6.07, 6.45) is 0.0224. The summed E-state index contributed by atoms with van der Waals surface area (Å²) in [5, 5.41) is 13.7. The topological polar surface area (TPSA) is 69.2 Å².